The molecule has 0 unspecified atom stereocenters. The van der Waals surface area contributed by atoms with Crippen LogP contribution >= 0.6 is 0 Å². The van der Waals surface area contributed by atoms with E-state index < -0.39 is 6.43 Å². The molecule has 0 spiro atoms. The highest BCUT2D eigenvalue weighted by atomic mass is 19.3. The van der Waals surface area contributed by atoms with E-state index in [2.05, 4.69) is 110 Å². The predicted octanol–water partition coefficient (Wildman–Crippen LogP) is 19.2. The van der Waals surface area contributed by atoms with Gasteiger partial charge in [-0.25, -0.2) is 38.7 Å². The molecule has 12 aromatic rings. The number of likely N-dealkylation sites (N-methyl/N-ethyl adjacent to an activating group) is 3. The van der Waals surface area contributed by atoms with Crippen LogP contribution in [0.1, 0.15) is 148 Å². The molecule has 9 heterocycles. The number of rotatable bonds is 27. The van der Waals surface area contributed by atoms with Crippen LogP contribution in [0.15, 0.2) is 219 Å². The van der Waals surface area contributed by atoms with Crippen molar-refractivity contribution in [2.75, 3.05) is 97.2 Å². The Balaban J connectivity index is 0.000000159. The third kappa shape index (κ3) is 20.4. The SMILES string of the molecule is C.C.C.CC(C)c1c(-c2ccc(Oc3ccccc3)cc2)c2c(N)ncnc2n1[C@@H]1CCN(C(=O)/C=C/CN(C)C2CC2)C1.CCc1c(-c2ccc(Oc3ccccc3)cc2)c2c(N)ncnc2n1[C@@H]1CCN(C(=O)/C=C/CN(C)C2CC2)C1.CN(C/C=C/C(=O)N1CC[C@@H](n2c(C(F)F)c(-c3ccc(Oc4ccccc4)cc3)c3c(N)ncnc32)C1)C1CC1. The number of alkyl halides is 2. The van der Waals surface area contributed by atoms with Gasteiger partial charge < -0.3 is 59.8 Å². The highest BCUT2D eigenvalue weighted by Crippen LogP contribution is 2.48. The van der Waals surface area contributed by atoms with Gasteiger partial charge in [0.05, 0.1) is 40.0 Å². The second-order valence-electron chi connectivity index (χ2n) is 32.9. The number of anilines is 3. The summed E-state index contributed by atoms with van der Waals surface area (Å²) in [5, 5.41) is 2.11. The molecule has 0 bridgehead atoms. The van der Waals surface area contributed by atoms with E-state index in [0.29, 0.717) is 109 Å². The second kappa shape index (κ2) is 40.3. The predicted molar refractivity (Wildman–Crippen MR) is 495 cm³/mol. The number of amides is 3. The average Bonchev–Trinajstić information content (AvgIpc) is 1.59. The lowest BCUT2D eigenvalue weighted by Gasteiger charge is -2.21. The zero-order chi connectivity index (χ0) is 84.7. The van der Waals surface area contributed by atoms with Gasteiger partial charge in [-0.05, 0) is 181 Å². The number of ether oxygens (including phenoxy) is 3. The smallest absolute Gasteiger partial charge is 0.279 e. The van der Waals surface area contributed by atoms with Crippen LogP contribution in [-0.2, 0) is 20.8 Å². The van der Waals surface area contributed by atoms with Crippen molar-refractivity contribution in [1.82, 2.24) is 73.0 Å². The monoisotopic (exact) mass is 1690 g/mol. The number of hydrogen-bond acceptors (Lipinski definition) is 18. The molecule has 125 heavy (non-hydrogen) atoms. The van der Waals surface area contributed by atoms with Crippen LogP contribution in [0.4, 0.5) is 26.2 Å². The van der Waals surface area contributed by atoms with E-state index in [1.807, 2.05) is 143 Å². The molecule has 0 radical (unpaired) electrons. The van der Waals surface area contributed by atoms with Crippen molar-refractivity contribution in [1.29, 1.82) is 0 Å². The highest BCUT2D eigenvalue weighted by Gasteiger charge is 2.38. The number of aromatic nitrogens is 9. The number of fused-ring (bicyclic) bond motifs is 3. The van der Waals surface area contributed by atoms with Crippen molar-refractivity contribution in [3.05, 3.63) is 236 Å². The molecule has 6 aliphatic rings. The summed E-state index contributed by atoms with van der Waals surface area (Å²) >= 11 is 0. The third-order valence-corrected chi connectivity index (χ3v) is 24.1. The molecule has 6 aromatic heterocycles. The first-order chi connectivity index (χ1) is 59.3. The topological polar surface area (TPSA) is 269 Å². The van der Waals surface area contributed by atoms with Gasteiger partial charge in [0.25, 0.3) is 6.43 Å². The van der Waals surface area contributed by atoms with Gasteiger partial charge >= 0.3 is 0 Å². The minimum absolute atomic E-state index is 0. The Labute approximate surface area is 732 Å². The van der Waals surface area contributed by atoms with Gasteiger partial charge in [0.1, 0.15) is 87.9 Å². The lowest BCUT2D eigenvalue weighted by Crippen LogP contribution is -2.28. The number of likely N-dealkylation sites (tertiary alicyclic amines) is 3. The number of nitrogens with zero attached hydrogens (tertiary/aromatic N) is 15. The van der Waals surface area contributed by atoms with Crippen LogP contribution in [0.2, 0.25) is 0 Å². The van der Waals surface area contributed by atoms with Gasteiger partial charge in [-0.15, -0.1) is 0 Å². The van der Waals surface area contributed by atoms with Gasteiger partial charge in [0.2, 0.25) is 17.7 Å². The first kappa shape index (κ1) is 90.1. The van der Waals surface area contributed by atoms with E-state index in [1.54, 1.807) is 52.0 Å². The third-order valence-electron chi connectivity index (χ3n) is 24.1. The van der Waals surface area contributed by atoms with Gasteiger partial charge in [0, 0.05) is 123 Å². The Morgan fingerprint density at radius 3 is 1.01 bits per heavy atom. The molecule has 24 nitrogen and oxygen atoms in total. The molecule has 3 aliphatic heterocycles. The van der Waals surface area contributed by atoms with Crippen molar-refractivity contribution in [3.63, 3.8) is 0 Å². The zero-order valence-corrected chi connectivity index (χ0v) is 70.0. The lowest BCUT2D eigenvalue weighted by molar-refractivity contribution is -0.125. The van der Waals surface area contributed by atoms with Crippen molar-refractivity contribution in [2.45, 2.75) is 156 Å². The summed E-state index contributed by atoms with van der Waals surface area (Å²) in [4.78, 5) is 78.1. The Kier molecular flexibility index (Phi) is 29.1. The summed E-state index contributed by atoms with van der Waals surface area (Å²) in [7, 11) is 6.30. The molecule has 3 saturated carbocycles. The first-order valence-corrected chi connectivity index (χ1v) is 42.5. The fourth-order valence-electron chi connectivity index (χ4n) is 17.4. The largest absolute Gasteiger partial charge is 0.457 e. The maximum Gasteiger partial charge on any atom is 0.279 e. The highest BCUT2D eigenvalue weighted by molar-refractivity contribution is 6.05. The molecule has 6 aromatic carbocycles. The summed E-state index contributed by atoms with van der Waals surface area (Å²) in [6.07, 6.45) is 23.0. The normalized spacial score (nSPS) is 17.0. The molecule has 3 amide bonds. The van der Waals surface area contributed by atoms with Gasteiger partial charge in [-0.3, -0.25) is 29.1 Å². The molecular weight excluding hydrogens is 1580 g/mol. The number of carbonyl (C=O) groups is 3. The number of hydrogen-bond donors (Lipinski definition) is 3. The zero-order valence-electron chi connectivity index (χ0n) is 70.0. The van der Waals surface area contributed by atoms with E-state index in [0.717, 1.165) is 118 Å². The lowest BCUT2D eigenvalue weighted by atomic mass is 9.97. The number of carbonyl (C=O) groups excluding carboxylic acids is 3. The standard InChI is InChI=1S/C33H38N6O2.C32H36N6O2.C31H32F2N6O2.3CH4/c1-22(2)31-29(23-11-15-27(16-12-23)41-26-8-5-4-6-9-26)30-32(34)35-21-36-33(30)39(31)25-17-19-38(20-25)28(40)10-7-18-37(3)24-13-14-24;1-3-27-29(22-11-15-26(16-12-22)40-25-8-5-4-6-9-25)30-31(33)34-21-35-32(30)38(27)24-17-19-37(20-24)28(39)10-7-18-36(2)23-13-14-23;1-37(21-11-12-21)16-5-8-25(40)38-17-15-22(18-38)39-28(29(32)33)26(27-30(34)35-19-36-31(27)39)20-9-13-24(14-10-20)41-23-6-3-2-4-7-23;;;/h4-12,15-16,21-22,24-25H,13-14,17-20H2,1-3H3,(H2,34,35,36);4-12,15-16,21,23-24H,3,13-14,17-20H2,1-2H3,(H2,33,34,35);2-10,13-14,19,21-22,29H,11-12,15-18H2,1H3,(H2,34,35,36);3*1H4/b2*10-7+;8-5+;;;/t25-;24-;22-;;;/m111.../s1. The van der Waals surface area contributed by atoms with E-state index in [9.17, 15) is 23.2 Å². The van der Waals surface area contributed by atoms with Gasteiger partial charge in [-0.1, -0.05) is 152 Å². The Morgan fingerprint density at radius 1 is 0.408 bits per heavy atom. The molecule has 3 atom stereocenters. The molecule has 6 fully saturated rings. The Morgan fingerprint density at radius 2 is 0.696 bits per heavy atom. The minimum Gasteiger partial charge on any atom is -0.457 e. The quantitative estimate of drug-likeness (QED) is 0.0404. The van der Waals surface area contributed by atoms with Crippen molar-refractivity contribution in [2.24, 2.45) is 0 Å². The van der Waals surface area contributed by atoms with Crippen molar-refractivity contribution < 1.29 is 37.4 Å². The van der Waals surface area contributed by atoms with Crippen LogP contribution in [0, 0.1) is 0 Å². The average molecular weight is 1690 g/mol. The summed E-state index contributed by atoms with van der Waals surface area (Å²) in [5.74, 6) is 5.65. The second-order valence-corrected chi connectivity index (χ2v) is 32.9. The van der Waals surface area contributed by atoms with Gasteiger partial charge in [-0.2, -0.15) is 0 Å². The number of nitrogen functional groups attached to an aromatic ring is 3. The van der Waals surface area contributed by atoms with E-state index in [4.69, 9.17) is 41.4 Å². The van der Waals surface area contributed by atoms with E-state index in [1.165, 1.54) is 57.5 Å². The molecule has 654 valence electrons. The molecule has 3 aliphatic carbocycles. The summed E-state index contributed by atoms with van der Waals surface area (Å²) in [6, 6.07) is 53.8. The van der Waals surface area contributed by atoms with Crippen LogP contribution in [0.3, 0.4) is 0 Å². The maximum atomic E-state index is 14.9. The van der Waals surface area contributed by atoms with E-state index in [-0.39, 0.29) is 75.6 Å². The van der Waals surface area contributed by atoms with E-state index >= 15 is 0 Å². The number of benzene rings is 6. The van der Waals surface area contributed by atoms with Crippen molar-refractivity contribution in [3.8, 4) is 67.9 Å². The molecule has 26 heteroatoms. The Hall–Kier alpha value is -12.7. The van der Waals surface area contributed by atoms with Crippen molar-refractivity contribution >= 4 is 68.3 Å². The molecule has 18 rings (SSSR count). The number of para-hydroxylation sites is 3. The molecule has 6 N–H and O–H groups in total. The van der Waals surface area contributed by atoms with Gasteiger partial charge in [0.15, 0.2) is 0 Å². The fraction of sp³-hybridized carbons (Fsp3) is 0.364. The Bertz CT molecular complexity index is 5540. The van der Waals surface area contributed by atoms with Crippen LogP contribution < -0.4 is 31.4 Å². The summed E-state index contributed by atoms with van der Waals surface area (Å²) in [6.45, 7) is 12.4. The summed E-state index contributed by atoms with van der Waals surface area (Å²) in [5.41, 5.74) is 28.4. The minimum atomic E-state index is -2.80. The molecular formula is C99H118F2N18O6. The first-order valence-electron chi connectivity index (χ1n) is 42.5. The summed E-state index contributed by atoms with van der Waals surface area (Å²) < 4.78 is 53.9. The van der Waals surface area contributed by atoms with Crippen LogP contribution in [-0.4, -0.2) is 189 Å². The number of halogens is 2. The van der Waals surface area contributed by atoms with Crippen LogP contribution in [0.25, 0.3) is 66.5 Å². The number of nitrogens with two attached hydrogens (primary N) is 3. The van der Waals surface area contributed by atoms with Crippen LogP contribution in [0.5, 0.6) is 34.5 Å². The fourth-order valence-corrected chi connectivity index (χ4v) is 17.4. The molecule has 3 saturated heterocycles. The maximum absolute atomic E-state index is 14.9.